The number of aliphatic carboxylic acids is 1. The lowest BCUT2D eigenvalue weighted by Gasteiger charge is -2.36. The molecule has 2 fully saturated rings. The second-order valence-corrected chi connectivity index (χ2v) is 4.91. The van der Waals surface area contributed by atoms with E-state index in [1.807, 2.05) is 0 Å². The van der Waals surface area contributed by atoms with Gasteiger partial charge in [-0.05, 0) is 32.6 Å². The predicted molar refractivity (Wildman–Crippen MR) is 55.7 cm³/mol. The summed E-state index contributed by atoms with van der Waals surface area (Å²) in [4.78, 5) is 10.8. The fourth-order valence-electron chi connectivity index (χ4n) is 2.36. The zero-order chi connectivity index (χ0) is 10.9. The molecule has 1 saturated carbocycles. The van der Waals surface area contributed by atoms with Gasteiger partial charge in [0.15, 0.2) is 0 Å². The van der Waals surface area contributed by atoms with Crippen molar-refractivity contribution < 1.29 is 14.6 Å². The average molecular weight is 213 g/mol. The summed E-state index contributed by atoms with van der Waals surface area (Å²) in [5, 5.41) is 12.2. The Hall–Kier alpha value is -0.610. The third kappa shape index (κ3) is 2.32. The topological polar surface area (TPSA) is 58.6 Å². The van der Waals surface area contributed by atoms with Crippen molar-refractivity contribution >= 4 is 5.97 Å². The van der Waals surface area contributed by atoms with Crippen LogP contribution in [0.1, 0.15) is 32.6 Å². The van der Waals surface area contributed by atoms with Crippen LogP contribution < -0.4 is 5.32 Å². The van der Waals surface area contributed by atoms with Gasteiger partial charge in [0.1, 0.15) is 0 Å². The first-order valence-electron chi connectivity index (χ1n) is 5.71. The number of hydrogen-bond donors (Lipinski definition) is 2. The van der Waals surface area contributed by atoms with Crippen molar-refractivity contribution in [2.24, 2.45) is 5.92 Å². The Bertz CT molecular complexity index is 248. The van der Waals surface area contributed by atoms with E-state index < -0.39 is 5.97 Å². The van der Waals surface area contributed by atoms with Gasteiger partial charge < -0.3 is 15.2 Å². The van der Waals surface area contributed by atoms with Gasteiger partial charge in [-0.1, -0.05) is 0 Å². The van der Waals surface area contributed by atoms with E-state index in [4.69, 9.17) is 9.84 Å². The summed E-state index contributed by atoms with van der Waals surface area (Å²) in [5.74, 6) is -0.855. The molecule has 0 aromatic heterocycles. The molecule has 4 nitrogen and oxygen atoms in total. The zero-order valence-electron chi connectivity index (χ0n) is 9.16. The second kappa shape index (κ2) is 4.10. The third-order valence-corrected chi connectivity index (χ3v) is 3.63. The minimum Gasteiger partial charge on any atom is -0.481 e. The van der Waals surface area contributed by atoms with Crippen molar-refractivity contribution in [2.75, 3.05) is 13.2 Å². The fourth-order valence-corrected chi connectivity index (χ4v) is 2.36. The van der Waals surface area contributed by atoms with Crippen molar-refractivity contribution in [1.82, 2.24) is 5.32 Å². The van der Waals surface area contributed by atoms with E-state index in [-0.39, 0.29) is 17.6 Å². The van der Waals surface area contributed by atoms with Crippen LogP contribution in [-0.2, 0) is 9.53 Å². The molecule has 0 amide bonds. The van der Waals surface area contributed by atoms with E-state index in [0.717, 1.165) is 38.8 Å². The van der Waals surface area contributed by atoms with Crippen molar-refractivity contribution in [3.63, 3.8) is 0 Å². The van der Waals surface area contributed by atoms with Crippen LogP contribution in [0.15, 0.2) is 0 Å². The number of nitrogens with one attached hydrogen (secondary N) is 1. The lowest BCUT2D eigenvalue weighted by Crippen LogP contribution is -2.51. The summed E-state index contributed by atoms with van der Waals surface area (Å²) in [5.41, 5.74) is -0.0708. The molecular formula is C11H19NO3. The molecule has 4 heteroatoms. The normalized spacial score (nSPS) is 40.1. The van der Waals surface area contributed by atoms with E-state index in [2.05, 4.69) is 12.2 Å². The highest BCUT2D eigenvalue weighted by atomic mass is 16.5. The molecule has 0 spiro atoms. The Morgan fingerprint density at radius 1 is 1.60 bits per heavy atom. The molecular weight excluding hydrogens is 194 g/mol. The van der Waals surface area contributed by atoms with Crippen molar-refractivity contribution in [3.8, 4) is 0 Å². The van der Waals surface area contributed by atoms with Gasteiger partial charge in [0, 0.05) is 19.2 Å². The Balaban J connectivity index is 1.76. The van der Waals surface area contributed by atoms with Crippen LogP contribution in [0.2, 0.25) is 0 Å². The number of ether oxygens (including phenoxy) is 1. The molecule has 15 heavy (non-hydrogen) atoms. The summed E-state index contributed by atoms with van der Waals surface area (Å²) in [7, 11) is 0. The molecule has 1 aliphatic carbocycles. The number of carboxylic acids is 1. The van der Waals surface area contributed by atoms with Gasteiger partial charge in [0.05, 0.1) is 11.5 Å². The summed E-state index contributed by atoms with van der Waals surface area (Å²) in [6.07, 6.45) is 3.98. The van der Waals surface area contributed by atoms with E-state index in [1.54, 1.807) is 0 Å². The molecule has 1 aliphatic heterocycles. The second-order valence-electron chi connectivity index (χ2n) is 4.91. The van der Waals surface area contributed by atoms with Crippen LogP contribution in [0, 0.1) is 5.92 Å². The fraction of sp³-hybridized carbons (Fsp3) is 0.909. The first-order valence-corrected chi connectivity index (χ1v) is 5.71. The summed E-state index contributed by atoms with van der Waals surface area (Å²) in [6, 6.07) is 0.156. The summed E-state index contributed by atoms with van der Waals surface area (Å²) in [6.45, 7) is 3.72. The van der Waals surface area contributed by atoms with Crippen molar-refractivity contribution in [1.29, 1.82) is 0 Å². The Kier molecular flexibility index (Phi) is 2.98. The monoisotopic (exact) mass is 213 g/mol. The minimum absolute atomic E-state index is 0.0708. The van der Waals surface area contributed by atoms with E-state index in [0.29, 0.717) is 0 Å². The van der Waals surface area contributed by atoms with Gasteiger partial charge in [-0.2, -0.15) is 0 Å². The highest BCUT2D eigenvalue weighted by Gasteiger charge is 2.38. The van der Waals surface area contributed by atoms with Crippen LogP contribution in [0.4, 0.5) is 0 Å². The van der Waals surface area contributed by atoms with Gasteiger partial charge >= 0.3 is 5.97 Å². The number of carboxylic acid groups (broad SMARTS) is 1. The van der Waals surface area contributed by atoms with Crippen LogP contribution in [-0.4, -0.2) is 35.9 Å². The quantitative estimate of drug-likeness (QED) is 0.731. The standard InChI is InChI=1S/C11H19NO3/c1-11(5-2-6-15-11)7-12-9-4-3-8(9)10(13)14/h8-9,12H,2-7H2,1H3,(H,13,14). The van der Waals surface area contributed by atoms with Gasteiger partial charge in [0.25, 0.3) is 0 Å². The smallest absolute Gasteiger partial charge is 0.308 e. The van der Waals surface area contributed by atoms with Crippen molar-refractivity contribution in [3.05, 3.63) is 0 Å². The molecule has 0 aromatic rings. The number of carbonyl (C=O) groups is 1. The molecule has 2 N–H and O–H groups in total. The molecule has 0 bridgehead atoms. The van der Waals surface area contributed by atoms with Crippen LogP contribution in [0.3, 0.4) is 0 Å². The maximum Gasteiger partial charge on any atom is 0.308 e. The first kappa shape index (κ1) is 10.9. The largest absolute Gasteiger partial charge is 0.481 e. The van der Waals surface area contributed by atoms with E-state index in [9.17, 15) is 4.79 Å². The van der Waals surface area contributed by atoms with Gasteiger partial charge in [-0.25, -0.2) is 0 Å². The van der Waals surface area contributed by atoms with Crippen molar-refractivity contribution in [2.45, 2.75) is 44.2 Å². The van der Waals surface area contributed by atoms with E-state index >= 15 is 0 Å². The molecule has 1 heterocycles. The molecule has 3 atom stereocenters. The zero-order valence-corrected chi connectivity index (χ0v) is 9.16. The van der Waals surface area contributed by atoms with Gasteiger partial charge in [-0.15, -0.1) is 0 Å². The molecule has 0 aromatic carbocycles. The predicted octanol–water partition coefficient (Wildman–Crippen LogP) is 1.01. The third-order valence-electron chi connectivity index (χ3n) is 3.63. The van der Waals surface area contributed by atoms with Gasteiger partial charge in [-0.3, -0.25) is 4.79 Å². The molecule has 2 rings (SSSR count). The molecule has 0 radical (unpaired) electrons. The van der Waals surface area contributed by atoms with Gasteiger partial charge in [0.2, 0.25) is 0 Å². The van der Waals surface area contributed by atoms with Crippen LogP contribution >= 0.6 is 0 Å². The summed E-state index contributed by atoms with van der Waals surface area (Å²) >= 11 is 0. The lowest BCUT2D eigenvalue weighted by atomic mass is 9.79. The van der Waals surface area contributed by atoms with Crippen LogP contribution in [0.25, 0.3) is 0 Å². The molecule has 1 saturated heterocycles. The number of hydrogen-bond acceptors (Lipinski definition) is 3. The maximum atomic E-state index is 10.8. The SMILES string of the molecule is CC1(CNC2CCC2C(=O)O)CCCO1. The summed E-state index contributed by atoms with van der Waals surface area (Å²) < 4.78 is 5.65. The number of rotatable bonds is 4. The molecule has 86 valence electrons. The Labute approximate surface area is 90.0 Å². The molecule has 2 aliphatic rings. The maximum absolute atomic E-state index is 10.8. The average Bonchev–Trinajstić information content (AvgIpc) is 2.49. The minimum atomic E-state index is -0.670. The Morgan fingerprint density at radius 2 is 2.40 bits per heavy atom. The van der Waals surface area contributed by atoms with E-state index in [1.165, 1.54) is 0 Å². The Morgan fingerprint density at radius 3 is 2.87 bits per heavy atom. The molecule has 3 unspecified atom stereocenters. The highest BCUT2D eigenvalue weighted by Crippen LogP contribution is 2.29. The lowest BCUT2D eigenvalue weighted by molar-refractivity contribution is -0.146. The first-order chi connectivity index (χ1) is 7.11. The highest BCUT2D eigenvalue weighted by molar-refractivity contribution is 5.72. The van der Waals surface area contributed by atoms with Crippen LogP contribution in [0.5, 0.6) is 0 Å².